The SMILES string of the molecule is C/C=C/COc1cc(C)c(OCc2ccc(/C(=N/OC)C(C)C)cc2)c(C)c1. The molecule has 2 aromatic rings. The van der Waals surface area contributed by atoms with Gasteiger partial charge in [-0.1, -0.05) is 55.4 Å². The third-order valence-corrected chi connectivity index (χ3v) is 4.39. The summed E-state index contributed by atoms with van der Waals surface area (Å²) in [6.07, 6.45) is 3.97. The second-order valence-corrected chi connectivity index (χ2v) is 7.07. The molecule has 4 heteroatoms. The first kappa shape index (κ1) is 21.5. The van der Waals surface area contributed by atoms with Crippen molar-refractivity contribution in [2.24, 2.45) is 11.1 Å². The van der Waals surface area contributed by atoms with Crippen molar-refractivity contribution >= 4 is 5.71 Å². The molecule has 4 nitrogen and oxygen atoms in total. The predicted octanol–water partition coefficient (Wildman–Crippen LogP) is 5.84. The summed E-state index contributed by atoms with van der Waals surface area (Å²) in [6, 6.07) is 12.3. The molecule has 0 saturated carbocycles. The first-order valence-electron chi connectivity index (χ1n) is 9.64. The second kappa shape index (κ2) is 10.5. The van der Waals surface area contributed by atoms with Gasteiger partial charge in [0.05, 0.1) is 5.71 Å². The zero-order chi connectivity index (χ0) is 20.5. The van der Waals surface area contributed by atoms with Crippen molar-refractivity contribution in [3.8, 4) is 11.5 Å². The minimum absolute atomic E-state index is 0.292. The fourth-order valence-corrected chi connectivity index (χ4v) is 2.98. The van der Waals surface area contributed by atoms with Crippen LogP contribution < -0.4 is 9.47 Å². The highest BCUT2D eigenvalue weighted by atomic mass is 16.6. The number of benzene rings is 2. The van der Waals surface area contributed by atoms with Crippen molar-refractivity contribution < 1.29 is 14.3 Å². The standard InChI is InChI=1S/C24H31NO3/c1-7-8-13-27-22-14-18(4)24(19(5)15-22)28-16-20-9-11-21(12-10-20)23(17(2)3)25-26-6/h7-12,14-15,17H,13,16H2,1-6H3/b8-7+,25-23+. The Morgan fingerprint density at radius 1 is 1.04 bits per heavy atom. The molecule has 0 saturated heterocycles. The van der Waals surface area contributed by atoms with Gasteiger partial charge in [0.15, 0.2) is 0 Å². The Morgan fingerprint density at radius 3 is 2.21 bits per heavy atom. The number of aryl methyl sites for hydroxylation is 2. The van der Waals surface area contributed by atoms with E-state index in [1.165, 1.54) is 0 Å². The molecule has 0 radical (unpaired) electrons. The Bertz CT molecular complexity index is 797. The van der Waals surface area contributed by atoms with E-state index in [9.17, 15) is 0 Å². The molecular formula is C24H31NO3. The highest BCUT2D eigenvalue weighted by molar-refractivity contribution is 6.01. The summed E-state index contributed by atoms with van der Waals surface area (Å²) in [5.41, 5.74) is 5.25. The third-order valence-electron chi connectivity index (χ3n) is 4.39. The van der Waals surface area contributed by atoms with Gasteiger partial charge < -0.3 is 14.3 Å². The van der Waals surface area contributed by atoms with Crippen LogP contribution >= 0.6 is 0 Å². The van der Waals surface area contributed by atoms with Crippen LogP contribution in [0.25, 0.3) is 0 Å². The number of rotatable bonds is 9. The molecule has 0 amide bonds. The maximum Gasteiger partial charge on any atom is 0.125 e. The summed E-state index contributed by atoms with van der Waals surface area (Å²) >= 11 is 0. The molecule has 0 aliphatic carbocycles. The zero-order valence-electron chi connectivity index (χ0n) is 17.8. The van der Waals surface area contributed by atoms with Gasteiger partial charge in [0.25, 0.3) is 0 Å². The number of allylic oxidation sites excluding steroid dienone is 1. The minimum Gasteiger partial charge on any atom is -0.490 e. The second-order valence-electron chi connectivity index (χ2n) is 7.07. The number of hydrogen-bond acceptors (Lipinski definition) is 4. The van der Waals surface area contributed by atoms with Gasteiger partial charge in [-0.15, -0.1) is 0 Å². The van der Waals surface area contributed by atoms with Crippen LogP contribution in [-0.4, -0.2) is 19.4 Å². The van der Waals surface area contributed by atoms with Crippen LogP contribution in [-0.2, 0) is 11.4 Å². The van der Waals surface area contributed by atoms with E-state index in [0.29, 0.717) is 19.1 Å². The lowest BCUT2D eigenvalue weighted by Gasteiger charge is -2.15. The number of ether oxygens (including phenoxy) is 2. The molecule has 0 fully saturated rings. The Morgan fingerprint density at radius 2 is 1.68 bits per heavy atom. The van der Waals surface area contributed by atoms with E-state index in [-0.39, 0.29) is 0 Å². The fourth-order valence-electron chi connectivity index (χ4n) is 2.98. The lowest BCUT2D eigenvalue weighted by molar-refractivity contribution is 0.212. The maximum absolute atomic E-state index is 6.11. The summed E-state index contributed by atoms with van der Waals surface area (Å²) in [5, 5.41) is 4.14. The molecule has 0 atom stereocenters. The molecule has 0 N–H and O–H groups in total. The summed E-state index contributed by atoms with van der Waals surface area (Å²) < 4.78 is 11.8. The van der Waals surface area contributed by atoms with Crippen LogP contribution in [0.5, 0.6) is 11.5 Å². The van der Waals surface area contributed by atoms with Crippen LogP contribution in [0.15, 0.2) is 53.7 Å². The Labute approximate surface area is 168 Å². The normalized spacial score (nSPS) is 11.9. The average Bonchev–Trinajstić information content (AvgIpc) is 2.66. The topological polar surface area (TPSA) is 40.0 Å². The summed E-state index contributed by atoms with van der Waals surface area (Å²) in [5.74, 6) is 2.07. The van der Waals surface area contributed by atoms with Crippen molar-refractivity contribution in [2.45, 2.75) is 41.2 Å². The van der Waals surface area contributed by atoms with Crippen molar-refractivity contribution in [1.82, 2.24) is 0 Å². The Kier molecular flexibility index (Phi) is 8.12. The van der Waals surface area contributed by atoms with Crippen LogP contribution in [0, 0.1) is 19.8 Å². The molecule has 28 heavy (non-hydrogen) atoms. The number of oxime groups is 1. The van der Waals surface area contributed by atoms with E-state index in [4.69, 9.17) is 14.3 Å². The number of nitrogens with zero attached hydrogens (tertiary/aromatic N) is 1. The number of hydrogen-bond donors (Lipinski definition) is 0. The zero-order valence-corrected chi connectivity index (χ0v) is 17.8. The third kappa shape index (κ3) is 5.88. The Balaban J connectivity index is 2.06. The summed E-state index contributed by atoms with van der Waals surface area (Å²) in [6.45, 7) is 11.4. The van der Waals surface area contributed by atoms with Gasteiger partial charge in [-0.3, -0.25) is 0 Å². The minimum atomic E-state index is 0.292. The molecule has 0 aliphatic heterocycles. The largest absolute Gasteiger partial charge is 0.490 e. The van der Waals surface area contributed by atoms with Gasteiger partial charge in [0.2, 0.25) is 0 Å². The lowest BCUT2D eigenvalue weighted by atomic mass is 9.99. The van der Waals surface area contributed by atoms with Gasteiger partial charge in [-0.05, 0) is 61.1 Å². The molecule has 2 rings (SSSR count). The van der Waals surface area contributed by atoms with Gasteiger partial charge >= 0.3 is 0 Å². The van der Waals surface area contributed by atoms with E-state index < -0.39 is 0 Å². The first-order valence-corrected chi connectivity index (χ1v) is 9.64. The van der Waals surface area contributed by atoms with Crippen molar-refractivity contribution in [3.05, 3.63) is 70.8 Å². The molecule has 0 bridgehead atoms. The molecule has 0 aromatic heterocycles. The van der Waals surface area contributed by atoms with Gasteiger partial charge in [-0.25, -0.2) is 0 Å². The smallest absolute Gasteiger partial charge is 0.125 e. The molecule has 0 aliphatic rings. The van der Waals surface area contributed by atoms with Crippen LogP contribution in [0.3, 0.4) is 0 Å². The predicted molar refractivity (Wildman–Crippen MR) is 115 cm³/mol. The van der Waals surface area contributed by atoms with E-state index in [0.717, 1.165) is 39.5 Å². The van der Waals surface area contributed by atoms with E-state index >= 15 is 0 Å². The van der Waals surface area contributed by atoms with Crippen LogP contribution in [0.4, 0.5) is 0 Å². The quantitative estimate of drug-likeness (QED) is 0.311. The van der Waals surface area contributed by atoms with Crippen LogP contribution in [0.2, 0.25) is 0 Å². The monoisotopic (exact) mass is 381 g/mol. The molecule has 0 unspecified atom stereocenters. The molecule has 0 heterocycles. The van der Waals surface area contributed by atoms with Gasteiger partial charge in [0, 0.05) is 0 Å². The van der Waals surface area contributed by atoms with Crippen molar-refractivity contribution in [2.75, 3.05) is 13.7 Å². The van der Waals surface area contributed by atoms with E-state index in [1.54, 1.807) is 7.11 Å². The van der Waals surface area contributed by atoms with Gasteiger partial charge in [-0.2, -0.15) is 0 Å². The highest BCUT2D eigenvalue weighted by Gasteiger charge is 2.11. The summed E-state index contributed by atoms with van der Waals surface area (Å²) in [4.78, 5) is 4.97. The highest BCUT2D eigenvalue weighted by Crippen LogP contribution is 2.29. The molecular weight excluding hydrogens is 350 g/mol. The molecule has 150 valence electrons. The first-order chi connectivity index (χ1) is 13.5. The Hall–Kier alpha value is -2.75. The fraction of sp³-hybridized carbons (Fsp3) is 0.375. The van der Waals surface area contributed by atoms with E-state index in [2.05, 4.69) is 43.3 Å². The molecule has 2 aromatic carbocycles. The van der Waals surface area contributed by atoms with Crippen molar-refractivity contribution in [3.63, 3.8) is 0 Å². The van der Waals surface area contributed by atoms with Gasteiger partial charge in [0.1, 0.15) is 31.8 Å². The van der Waals surface area contributed by atoms with Crippen molar-refractivity contribution in [1.29, 1.82) is 0 Å². The molecule has 0 spiro atoms. The maximum atomic E-state index is 6.11. The van der Waals surface area contributed by atoms with E-state index in [1.807, 2.05) is 45.1 Å². The van der Waals surface area contributed by atoms with Crippen LogP contribution in [0.1, 0.15) is 43.0 Å². The average molecular weight is 382 g/mol. The summed E-state index contributed by atoms with van der Waals surface area (Å²) in [7, 11) is 1.58. The lowest BCUT2D eigenvalue weighted by Crippen LogP contribution is -2.10.